The van der Waals surface area contributed by atoms with E-state index in [1.807, 2.05) is 6.07 Å². The lowest BCUT2D eigenvalue weighted by molar-refractivity contribution is 0.470. The number of hydrogen-bond acceptors (Lipinski definition) is 4. The monoisotopic (exact) mass is 394 g/mol. The molecular formula is C12H12BrClN2O2S2. The summed E-state index contributed by atoms with van der Waals surface area (Å²) in [5.74, 6) is 0. The smallest absolute Gasteiger partial charge is 0.245 e. The minimum atomic E-state index is -3.62. The Morgan fingerprint density at radius 3 is 2.60 bits per heavy atom. The summed E-state index contributed by atoms with van der Waals surface area (Å²) in [7, 11) is -2.11. The highest BCUT2D eigenvalue weighted by molar-refractivity contribution is 9.10. The molecule has 1 aromatic carbocycles. The molecule has 0 amide bonds. The number of thiophene rings is 1. The molecule has 4 nitrogen and oxygen atoms in total. The minimum Gasteiger partial charge on any atom is -0.398 e. The maximum Gasteiger partial charge on any atom is 0.245 e. The van der Waals surface area contributed by atoms with Gasteiger partial charge in [0.15, 0.2) is 0 Å². The van der Waals surface area contributed by atoms with Gasteiger partial charge in [-0.1, -0.05) is 27.5 Å². The zero-order chi connectivity index (χ0) is 14.9. The molecule has 0 atom stereocenters. The third-order valence-electron chi connectivity index (χ3n) is 2.67. The fourth-order valence-electron chi connectivity index (χ4n) is 1.66. The van der Waals surface area contributed by atoms with Crippen LogP contribution in [0.15, 0.2) is 39.7 Å². The Balaban J connectivity index is 2.29. The van der Waals surface area contributed by atoms with E-state index in [2.05, 4.69) is 15.9 Å². The molecule has 2 N–H and O–H groups in total. The summed E-state index contributed by atoms with van der Waals surface area (Å²) in [4.78, 5) is 0.975. The molecule has 1 aromatic heterocycles. The highest BCUT2D eigenvalue weighted by atomic mass is 79.9. The SMILES string of the molecule is CN(Cc1ccc(Cl)s1)S(=O)(=O)c1ccc(Br)cc1N. The maximum atomic E-state index is 12.5. The number of rotatable bonds is 4. The molecule has 8 heteroatoms. The summed E-state index contributed by atoms with van der Waals surface area (Å²) in [6.07, 6.45) is 0. The molecule has 0 spiro atoms. The third kappa shape index (κ3) is 3.35. The van der Waals surface area contributed by atoms with Crippen LogP contribution in [0, 0.1) is 0 Å². The van der Waals surface area contributed by atoms with Gasteiger partial charge in [-0.05, 0) is 30.3 Å². The summed E-state index contributed by atoms with van der Waals surface area (Å²) in [5, 5.41) is 0. The summed E-state index contributed by atoms with van der Waals surface area (Å²) in [6, 6.07) is 8.27. The Morgan fingerprint density at radius 1 is 1.35 bits per heavy atom. The second-order valence-corrected chi connectivity index (χ2v) is 8.88. The van der Waals surface area contributed by atoms with Crippen LogP contribution in [0.1, 0.15) is 4.88 Å². The lowest BCUT2D eigenvalue weighted by Crippen LogP contribution is -2.26. The first-order valence-electron chi connectivity index (χ1n) is 5.56. The van der Waals surface area contributed by atoms with Gasteiger partial charge in [0, 0.05) is 22.9 Å². The Kier molecular flexibility index (Phi) is 4.76. The van der Waals surface area contributed by atoms with Gasteiger partial charge in [0.25, 0.3) is 0 Å². The van der Waals surface area contributed by atoms with Gasteiger partial charge in [0.2, 0.25) is 10.0 Å². The lowest BCUT2D eigenvalue weighted by Gasteiger charge is -2.17. The Labute approximate surface area is 135 Å². The normalized spacial score (nSPS) is 12.0. The summed E-state index contributed by atoms with van der Waals surface area (Å²) >= 11 is 10.5. The van der Waals surface area contributed by atoms with E-state index in [0.717, 1.165) is 9.35 Å². The molecule has 0 fully saturated rings. The van der Waals surface area contributed by atoms with Gasteiger partial charge in [-0.15, -0.1) is 11.3 Å². The van der Waals surface area contributed by atoms with Crippen LogP contribution in [0.4, 0.5) is 5.69 Å². The van der Waals surface area contributed by atoms with E-state index in [9.17, 15) is 8.42 Å². The predicted octanol–water partition coefficient (Wildman–Crippen LogP) is 3.57. The van der Waals surface area contributed by atoms with Crippen LogP contribution in [0.3, 0.4) is 0 Å². The molecule has 20 heavy (non-hydrogen) atoms. The summed E-state index contributed by atoms with van der Waals surface area (Å²) < 4.78 is 27.6. The van der Waals surface area contributed by atoms with Crippen LogP contribution in [-0.4, -0.2) is 19.8 Å². The van der Waals surface area contributed by atoms with Crippen LogP contribution in [0.2, 0.25) is 4.34 Å². The number of halogens is 2. The zero-order valence-corrected chi connectivity index (χ0v) is 14.5. The molecule has 0 bridgehead atoms. The number of sulfonamides is 1. The standard InChI is InChI=1S/C12H12BrClN2O2S2/c1-16(7-9-3-5-12(14)19-9)20(17,18)11-4-2-8(13)6-10(11)15/h2-6H,7,15H2,1H3. The molecular weight excluding hydrogens is 384 g/mol. The number of nitrogen functional groups attached to an aromatic ring is 1. The second-order valence-electron chi connectivity index (χ2n) is 4.15. The molecule has 0 aliphatic heterocycles. The average molecular weight is 396 g/mol. The van der Waals surface area contributed by atoms with Crippen molar-refractivity contribution >= 4 is 54.6 Å². The fourth-order valence-corrected chi connectivity index (χ4v) is 4.51. The van der Waals surface area contributed by atoms with Crippen LogP contribution in [-0.2, 0) is 16.6 Å². The van der Waals surface area contributed by atoms with E-state index in [4.69, 9.17) is 17.3 Å². The number of nitrogens with zero attached hydrogens (tertiary/aromatic N) is 1. The first-order valence-corrected chi connectivity index (χ1v) is 8.99. The molecule has 2 aromatic rings. The van der Waals surface area contributed by atoms with Crippen LogP contribution >= 0.6 is 38.9 Å². The van der Waals surface area contributed by atoms with Gasteiger partial charge in [-0.2, -0.15) is 4.31 Å². The average Bonchev–Trinajstić information content (AvgIpc) is 2.74. The van der Waals surface area contributed by atoms with Crippen molar-refractivity contribution in [2.24, 2.45) is 0 Å². The summed E-state index contributed by atoms with van der Waals surface area (Å²) in [5.41, 5.74) is 6.01. The number of nitrogens with two attached hydrogens (primary N) is 1. The Bertz CT molecular complexity index is 731. The predicted molar refractivity (Wildman–Crippen MR) is 86.5 cm³/mol. The van der Waals surface area contributed by atoms with Crippen molar-refractivity contribution in [3.8, 4) is 0 Å². The van der Waals surface area contributed by atoms with Gasteiger partial charge in [0.05, 0.1) is 10.0 Å². The highest BCUT2D eigenvalue weighted by Gasteiger charge is 2.23. The molecule has 2 rings (SSSR count). The van der Waals surface area contributed by atoms with Gasteiger partial charge in [0.1, 0.15) is 4.90 Å². The fraction of sp³-hybridized carbons (Fsp3) is 0.167. The maximum absolute atomic E-state index is 12.5. The van der Waals surface area contributed by atoms with Crippen LogP contribution in [0.5, 0.6) is 0 Å². The van der Waals surface area contributed by atoms with E-state index in [0.29, 0.717) is 4.34 Å². The lowest BCUT2D eigenvalue weighted by atomic mass is 10.3. The number of anilines is 1. The van der Waals surface area contributed by atoms with Crippen LogP contribution < -0.4 is 5.73 Å². The van der Waals surface area contributed by atoms with E-state index in [1.165, 1.54) is 28.8 Å². The minimum absolute atomic E-state index is 0.103. The molecule has 1 heterocycles. The van der Waals surface area contributed by atoms with Crippen molar-refractivity contribution in [1.82, 2.24) is 4.31 Å². The van der Waals surface area contributed by atoms with Crippen molar-refractivity contribution < 1.29 is 8.42 Å². The van der Waals surface area contributed by atoms with E-state index in [1.54, 1.807) is 18.2 Å². The number of hydrogen-bond donors (Lipinski definition) is 1. The third-order valence-corrected chi connectivity index (χ3v) is 6.25. The van der Waals surface area contributed by atoms with Gasteiger partial charge in [-0.3, -0.25) is 0 Å². The quantitative estimate of drug-likeness (QED) is 0.805. The van der Waals surface area contributed by atoms with Gasteiger partial charge in [-0.25, -0.2) is 8.42 Å². The first-order chi connectivity index (χ1) is 9.30. The molecule has 0 saturated heterocycles. The Hall–Kier alpha value is -0.600. The van der Waals surface area contributed by atoms with Gasteiger partial charge < -0.3 is 5.73 Å². The first kappa shape index (κ1) is 15.8. The van der Waals surface area contributed by atoms with Crippen molar-refractivity contribution in [2.45, 2.75) is 11.4 Å². The molecule has 0 aliphatic carbocycles. The molecule has 0 aliphatic rings. The molecule has 108 valence electrons. The van der Waals surface area contributed by atoms with Crippen molar-refractivity contribution in [2.75, 3.05) is 12.8 Å². The van der Waals surface area contributed by atoms with Crippen molar-refractivity contribution in [3.05, 3.63) is 44.0 Å². The van der Waals surface area contributed by atoms with Gasteiger partial charge >= 0.3 is 0 Å². The van der Waals surface area contributed by atoms with Crippen molar-refractivity contribution in [1.29, 1.82) is 0 Å². The topological polar surface area (TPSA) is 63.4 Å². The van der Waals surface area contributed by atoms with E-state index >= 15 is 0 Å². The number of benzene rings is 1. The Morgan fingerprint density at radius 2 is 2.05 bits per heavy atom. The largest absolute Gasteiger partial charge is 0.398 e. The van der Waals surface area contributed by atoms with Crippen molar-refractivity contribution in [3.63, 3.8) is 0 Å². The van der Waals surface area contributed by atoms with E-state index < -0.39 is 10.0 Å². The molecule has 0 radical (unpaired) electrons. The molecule has 0 saturated carbocycles. The molecule has 0 unspecified atom stereocenters. The summed E-state index contributed by atoms with van der Waals surface area (Å²) in [6.45, 7) is 0.259. The second kappa shape index (κ2) is 6.03. The van der Waals surface area contributed by atoms with E-state index in [-0.39, 0.29) is 17.1 Å². The van der Waals surface area contributed by atoms with Crippen LogP contribution in [0.25, 0.3) is 0 Å². The zero-order valence-electron chi connectivity index (χ0n) is 10.5. The highest BCUT2D eigenvalue weighted by Crippen LogP contribution is 2.28.